The Labute approximate surface area is 102 Å². The number of hydrogen-bond acceptors (Lipinski definition) is 6. The second-order valence-corrected chi connectivity index (χ2v) is 3.82. The van der Waals surface area contributed by atoms with Gasteiger partial charge in [0.05, 0.1) is 0 Å². The summed E-state index contributed by atoms with van der Waals surface area (Å²) in [5.41, 5.74) is 7.98. The predicted octanol–water partition coefficient (Wildman–Crippen LogP) is 1.41. The highest BCUT2D eigenvalue weighted by Crippen LogP contribution is 2.23. The summed E-state index contributed by atoms with van der Waals surface area (Å²) in [7, 11) is 0. The van der Waals surface area contributed by atoms with Crippen LogP contribution in [0.2, 0.25) is 0 Å². The van der Waals surface area contributed by atoms with Gasteiger partial charge in [-0.3, -0.25) is 10.1 Å². The van der Waals surface area contributed by atoms with Crippen LogP contribution in [0.3, 0.4) is 0 Å². The maximum Gasteiger partial charge on any atom is 0.276 e. The molecule has 90 valence electrons. The van der Waals surface area contributed by atoms with Gasteiger partial charge in [-0.25, -0.2) is 0 Å². The van der Waals surface area contributed by atoms with E-state index in [-0.39, 0.29) is 0 Å². The molecule has 18 heavy (non-hydrogen) atoms. The lowest BCUT2D eigenvalue weighted by molar-refractivity contribution is 0.431. The summed E-state index contributed by atoms with van der Waals surface area (Å²) in [6, 6.07) is 3.47. The van der Waals surface area contributed by atoms with Gasteiger partial charge in [-0.05, 0) is 18.6 Å². The summed E-state index contributed by atoms with van der Waals surface area (Å²) in [6.07, 6.45) is 3.44. The van der Waals surface area contributed by atoms with Crippen molar-refractivity contribution < 1.29 is 4.52 Å². The third-order valence-electron chi connectivity index (χ3n) is 2.52. The van der Waals surface area contributed by atoms with Crippen molar-refractivity contribution in [2.45, 2.75) is 6.92 Å². The number of nitrogen functional groups attached to an aromatic ring is 1. The fraction of sp³-hybridized carbons (Fsp3) is 0.0909. The Morgan fingerprint density at radius 3 is 3.00 bits per heavy atom. The zero-order valence-electron chi connectivity index (χ0n) is 9.58. The zero-order valence-corrected chi connectivity index (χ0v) is 9.58. The molecule has 0 amide bonds. The molecule has 3 heterocycles. The van der Waals surface area contributed by atoms with Crippen LogP contribution >= 0.6 is 0 Å². The molecule has 7 nitrogen and oxygen atoms in total. The molecule has 0 atom stereocenters. The molecule has 0 aromatic carbocycles. The Morgan fingerprint density at radius 1 is 1.39 bits per heavy atom. The van der Waals surface area contributed by atoms with E-state index in [2.05, 4.69) is 25.3 Å². The van der Waals surface area contributed by atoms with Gasteiger partial charge in [0.2, 0.25) is 5.82 Å². The van der Waals surface area contributed by atoms with Crippen molar-refractivity contribution in [1.82, 2.24) is 25.3 Å². The van der Waals surface area contributed by atoms with Crippen LogP contribution < -0.4 is 5.73 Å². The van der Waals surface area contributed by atoms with E-state index in [4.69, 9.17) is 10.3 Å². The van der Waals surface area contributed by atoms with E-state index < -0.39 is 0 Å². The number of nitrogens with two attached hydrogens (primary N) is 1. The van der Waals surface area contributed by atoms with Crippen LogP contribution in [0.15, 0.2) is 29.0 Å². The van der Waals surface area contributed by atoms with Crippen molar-refractivity contribution in [2.24, 2.45) is 0 Å². The second kappa shape index (κ2) is 3.95. The molecule has 0 radical (unpaired) electrons. The smallest absolute Gasteiger partial charge is 0.276 e. The van der Waals surface area contributed by atoms with Crippen LogP contribution in [-0.2, 0) is 0 Å². The third kappa shape index (κ3) is 1.71. The summed E-state index contributed by atoms with van der Waals surface area (Å²) < 4.78 is 5.17. The van der Waals surface area contributed by atoms with Gasteiger partial charge in [0.25, 0.3) is 5.89 Å². The summed E-state index contributed by atoms with van der Waals surface area (Å²) in [5.74, 6) is 1.24. The minimum absolute atomic E-state index is 0.352. The second-order valence-electron chi connectivity index (χ2n) is 3.82. The molecular formula is C11H10N6O. The number of nitrogens with zero attached hydrogens (tertiary/aromatic N) is 4. The maximum absolute atomic E-state index is 5.52. The van der Waals surface area contributed by atoms with Gasteiger partial charge >= 0.3 is 0 Å². The Hall–Kier alpha value is -2.70. The van der Waals surface area contributed by atoms with Gasteiger partial charge in [-0.2, -0.15) is 10.1 Å². The molecule has 3 aromatic rings. The summed E-state index contributed by atoms with van der Waals surface area (Å²) in [4.78, 5) is 8.31. The number of aromatic nitrogens is 5. The molecule has 7 heteroatoms. The minimum atomic E-state index is 0.352. The Bertz CT molecular complexity index is 686. The number of aromatic amines is 1. The molecule has 0 fully saturated rings. The number of aryl methyl sites for hydroxylation is 1. The largest absolute Gasteiger partial charge is 0.382 e. The first-order valence-corrected chi connectivity index (χ1v) is 5.30. The predicted molar refractivity (Wildman–Crippen MR) is 64.3 cm³/mol. The average molecular weight is 242 g/mol. The lowest BCUT2D eigenvalue weighted by Gasteiger charge is -1.97. The highest BCUT2D eigenvalue weighted by molar-refractivity contribution is 5.61. The minimum Gasteiger partial charge on any atom is -0.382 e. The van der Waals surface area contributed by atoms with Crippen LogP contribution in [0, 0.1) is 6.92 Å². The van der Waals surface area contributed by atoms with Gasteiger partial charge in [-0.15, -0.1) is 0 Å². The van der Waals surface area contributed by atoms with Gasteiger partial charge in [0.1, 0.15) is 11.5 Å². The van der Waals surface area contributed by atoms with Gasteiger partial charge in [-0.1, -0.05) is 5.16 Å². The zero-order chi connectivity index (χ0) is 12.5. The number of anilines is 1. The Morgan fingerprint density at radius 2 is 2.28 bits per heavy atom. The molecule has 0 bridgehead atoms. The molecule has 0 saturated heterocycles. The molecule has 0 aliphatic heterocycles. The number of pyridine rings is 1. The van der Waals surface area contributed by atoms with Crippen LogP contribution in [0.1, 0.15) is 5.56 Å². The van der Waals surface area contributed by atoms with Crippen molar-refractivity contribution in [1.29, 1.82) is 0 Å². The summed E-state index contributed by atoms with van der Waals surface area (Å²) >= 11 is 0. The average Bonchev–Trinajstić information content (AvgIpc) is 2.98. The van der Waals surface area contributed by atoms with Crippen molar-refractivity contribution >= 4 is 5.82 Å². The first kappa shape index (κ1) is 10.5. The molecule has 0 spiro atoms. The SMILES string of the molecule is Cc1cnccc1-c1noc(-c2cc(N)n[nH]2)n1. The molecule has 3 N–H and O–H groups in total. The number of hydrogen-bond donors (Lipinski definition) is 2. The number of H-pyrrole nitrogens is 1. The number of nitrogens with one attached hydrogen (secondary N) is 1. The van der Waals surface area contributed by atoms with E-state index in [0.29, 0.717) is 23.2 Å². The summed E-state index contributed by atoms with van der Waals surface area (Å²) in [5, 5.41) is 10.5. The molecule has 0 aliphatic rings. The molecule has 0 saturated carbocycles. The fourth-order valence-corrected chi connectivity index (χ4v) is 1.61. The van der Waals surface area contributed by atoms with E-state index >= 15 is 0 Å². The first-order chi connectivity index (χ1) is 8.74. The van der Waals surface area contributed by atoms with E-state index in [1.54, 1.807) is 18.5 Å². The van der Waals surface area contributed by atoms with E-state index in [1.165, 1.54) is 0 Å². The standard InChI is InChI=1S/C11H10N6O/c1-6-5-13-3-2-7(6)10-14-11(18-17-10)8-4-9(12)16-15-8/h2-5H,1H3,(H3,12,15,16). The van der Waals surface area contributed by atoms with Crippen molar-refractivity contribution in [3.8, 4) is 23.0 Å². The summed E-state index contributed by atoms with van der Waals surface area (Å²) in [6.45, 7) is 1.94. The highest BCUT2D eigenvalue weighted by atomic mass is 16.5. The van der Waals surface area contributed by atoms with Gasteiger partial charge in [0.15, 0.2) is 0 Å². The molecule has 3 rings (SSSR count). The van der Waals surface area contributed by atoms with E-state index in [9.17, 15) is 0 Å². The van der Waals surface area contributed by atoms with Crippen LogP contribution in [0.5, 0.6) is 0 Å². The highest BCUT2D eigenvalue weighted by Gasteiger charge is 2.13. The van der Waals surface area contributed by atoms with Gasteiger partial charge in [0, 0.05) is 24.0 Å². The van der Waals surface area contributed by atoms with Crippen LogP contribution in [0.25, 0.3) is 23.0 Å². The van der Waals surface area contributed by atoms with Crippen molar-refractivity contribution in [2.75, 3.05) is 5.73 Å². The maximum atomic E-state index is 5.52. The molecule has 3 aromatic heterocycles. The Kier molecular flexibility index (Phi) is 2.30. The van der Waals surface area contributed by atoms with E-state index in [1.807, 2.05) is 13.0 Å². The monoisotopic (exact) mass is 242 g/mol. The lowest BCUT2D eigenvalue weighted by Crippen LogP contribution is -1.86. The fourth-order valence-electron chi connectivity index (χ4n) is 1.61. The topological polar surface area (TPSA) is 107 Å². The Balaban J connectivity index is 2.02. The number of rotatable bonds is 2. The van der Waals surface area contributed by atoms with Crippen molar-refractivity contribution in [3.63, 3.8) is 0 Å². The normalized spacial score (nSPS) is 10.7. The lowest BCUT2D eigenvalue weighted by atomic mass is 10.1. The van der Waals surface area contributed by atoms with Crippen molar-refractivity contribution in [3.05, 3.63) is 30.1 Å². The van der Waals surface area contributed by atoms with Gasteiger partial charge < -0.3 is 10.3 Å². The quantitative estimate of drug-likeness (QED) is 0.703. The molecule has 0 unspecified atom stereocenters. The van der Waals surface area contributed by atoms with Crippen LogP contribution in [0.4, 0.5) is 5.82 Å². The third-order valence-corrected chi connectivity index (χ3v) is 2.52. The molecule has 0 aliphatic carbocycles. The van der Waals surface area contributed by atoms with E-state index in [0.717, 1.165) is 11.1 Å². The first-order valence-electron chi connectivity index (χ1n) is 5.30. The van der Waals surface area contributed by atoms with Crippen LogP contribution in [-0.4, -0.2) is 25.3 Å². The molecular weight excluding hydrogens is 232 g/mol.